The molecule has 1 saturated heterocycles. The molecule has 0 bridgehead atoms. The number of rotatable bonds is 1. The van der Waals surface area contributed by atoms with Crippen molar-refractivity contribution in [3.8, 4) is 0 Å². The maximum atomic E-state index is 12.3. The molecular weight excluding hydrogens is 288 g/mol. The third-order valence-electron chi connectivity index (χ3n) is 2.69. The average Bonchev–Trinajstić information content (AvgIpc) is 2.61. The molecule has 1 aliphatic rings. The van der Waals surface area contributed by atoms with Crippen LogP contribution in [-0.2, 0) is 19.1 Å². The smallest absolute Gasteiger partial charge is 0.418 e. The SMILES string of the molecule is CC(C)(C)OC(=O)C1C/C(=C\N)C(=O)N1C(=O)OC(C)(C)C. The molecule has 124 valence electrons. The Balaban J connectivity index is 3.05. The fourth-order valence-corrected chi connectivity index (χ4v) is 1.90. The molecular formula is C15H24N2O5. The molecule has 1 atom stereocenters. The fraction of sp³-hybridized carbons (Fsp3) is 0.667. The minimum Gasteiger partial charge on any atom is -0.458 e. The highest BCUT2D eigenvalue weighted by molar-refractivity contribution is 6.08. The van der Waals surface area contributed by atoms with Gasteiger partial charge in [-0.2, -0.15) is 0 Å². The number of carbonyl (C=O) groups excluding carboxylic acids is 3. The summed E-state index contributed by atoms with van der Waals surface area (Å²) >= 11 is 0. The van der Waals surface area contributed by atoms with Gasteiger partial charge >= 0.3 is 12.1 Å². The average molecular weight is 312 g/mol. The van der Waals surface area contributed by atoms with Crippen LogP contribution in [-0.4, -0.2) is 40.1 Å². The van der Waals surface area contributed by atoms with E-state index in [-0.39, 0.29) is 12.0 Å². The zero-order chi connectivity index (χ0) is 17.3. The lowest BCUT2D eigenvalue weighted by Crippen LogP contribution is -2.47. The molecule has 0 spiro atoms. The van der Waals surface area contributed by atoms with E-state index in [1.54, 1.807) is 41.5 Å². The number of esters is 1. The Morgan fingerprint density at radius 3 is 2.05 bits per heavy atom. The summed E-state index contributed by atoms with van der Waals surface area (Å²) in [5, 5.41) is 0. The van der Waals surface area contributed by atoms with Gasteiger partial charge in [-0.25, -0.2) is 14.5 Å². The third kappa shape index (κ3) is 4.47. The van der Waals surface area contributed by atoms with Crippen LogP contribution in [0.2, 0.25) is 0 Å². The number of nitrogens with zero attached hydrogens (tertiary/aromatic N) is 1. The van der Waals surface area contributed by atoms with Gasteiger partial charge in [-0.15, -0.1) is 0 Å². The third-order valence-corrected chi connectivity index (χ3v) is 2.69. The number of likely N-dealkylation sites (tertiary alicyclic amines) is 1. The molecule has 0 saturated carbocycles. The number of hydrogen-bond donors (Lipinski definition) is 1. The van der Waals surface area contributed by atoms with E-state index >= 15 is 0 Å². The highest BCUT2D eigenvalue weighted by atomic mass is 16.6. The summed E-state index contributed by atoms with van der Waals surface area (Å²) in [4.78, 5) is 37.5. The molecule has 2 N–H and O–H groups in total. The first-order valence-electron chi connectivity index (χ1n) is 7.06. The molecule has 22 heavy (non-hydrogen) atoms. The van der Waals surface area contributed by atoms with Crippen molar-refractivity contribution in [3.63, 3.8) is 0 Å². The maximum absolute atomic E-state index is 12.3. The van der Waals surface area contributed by atoms with Gasteiger partial charge in [0.2, 0.25) is 0 Å². The van der Waals surface area contributed by atoms with Crippen LogP contribution in [0.25, 0.3) is 0 Å². The first-order chi connectivity index (χ1) is 9.85. The normalized spacial score (nSPS) is 21.2. The Morgan fingerprint density at radius 2 is 1.64 bits per heavy atom. The second-order valence-electron chi connectivity index (χ2n) is 7.10. The van der Waals surface area contributed by atoms with Crippen molar-refractivity contribution in [2.45, 2.75) is 65.2 Å². The van der Waals surface area contributed by atoms with E-state index in [1.807, 2.05) is 0 Å². The van der Waals surface area contributed by atoms with E-state index in [2.05, 4.69) is 0 Å². The van der Waals surface area contributed by atoms with Gasteiger partial charge in [0.1, 0.15) is 17.2 Å². The Bertz CT molecular complexity index is 511. The molecule has 0 radical (unpaired) electrons. The van der Waals surface area contributed by atoms with Crippen molar-refractivity contribution >= 4 is 18.0 Å². The number of nitrogens with two attached hydrogens (primary N) is 1. The molecule has 1 unspecified atom stereocenters. The highest BCUT2D eigenvalue weighted by Gasteiger charge is 2.46. The molecule has 1 heterocycles. The minimum atomic E-state index is -1.06. The standard InChI is InChI=1S/C15H24N2O5/c1-14(2,3)21-12(19)10-7-9(8-16)11(18)17(10)13(20)22-15(4,5)6/h8,10H,7,16H2,1-6H3/b9-8+. The molecule has 1 fully saturated rings. The predicted octanol–water partition coefficient (Wildman–Crippen LogP) is 1.71. The Morgan fingerprint density at radius 1 is 1.14 bits per heavy atom. The van der Waals surface area contributed by atoms with Gasteiger partial charge in [-0.3, -0.25) is 4.79 Å². The lowest BCUT2D eigenvalue weighted by Gasteiger charge is -2.28. The van der Waals surface area contributed by atoms with Crippen molar-refractivity contribution in [3.05, 3.63) is 11.8 Å². The van der Waals surface area contributed by atoms with Gasteiger partial charge in [-0.05, 0) is 41.5 Å². The zero-order valence-corrected chi connectivity index (χ0v) is 13.9. The summed E-state index contributed by atoms with van der Waals surface area (Å²) in [6.45, 7) is 10.1. The number of amides is 2. The van der Waals surface area contributed by atoms with Crippen LogP contribution in [0.3, 0.4) is 0 Å². The summed E-state index contributed by atoms with van der Waals surface area (Å²) in [6, 6.07) is -1.06. The molecule has 0 aromatic rings. The Labute approximate surface area is 130 Å². The van der Waals surface area contributed by atoms with Crippen molar-refractivity contribution in [1.82, 2.24) is 4.90 Å². The second kappa shape index (κ2) is 5.98. The largest absolute Gasteiger partial charge is 0.458 e. The lowest BCUT2D eigenvalue weighted by molar-refractivity contribution is -0.161. The van der Waals surface area contributed by atoms with E-state index in [1.165, 1.54) is 0 Å². The topological polar surface area (TPSA) is 98.9 Å². The van der Waals surface area contributed by atoms with Crippen LogP contribution in [0.5, 0.6) is 0 Å². The number of ether oxygens (including phenoxy) is 2. The molecule has 1 rings (SSSR count). The summed E-state index contributed by atoms with van der Waals surface area (Å²) in [5.41, 5.74) is 4.06. The van der Waals surface area contributed by atoms with Gasteiger partial charge in [0.15, 0.2) is 0 Å². The monoisotopic (exact) mass is 312 g/mol. The highest BCUT2D eigenvalue weighted by Crippen LogP contribution is 2.28. The number of carbonyl (C=O) groups is 3. The molecule has 1 aliphatic heterocycles. The van der Waals surface area contributed by atoms with Crippen LogP contribution < -0.4 is 5.73 Å². The number of imide groups is 1. The van der Waals surface area contributed by atoms with E-state index in [9.17, 15) is 14.4 Å². The number of hydrogen-bond acceptors (Lipinski definition) is 6. The summed E-state index contributed by atoms with van der Waals surface area (Å²) in [5.74, 6) is -1.30. The molecule has 0 aromatic heterocycles. The van der Waals surface area contributed by atoms with E-state index in [0.29, 0.717) is 0 Å². The lowest BCUT2D eigenvalue weighted by atomic mass is 10.1. The maximum Gasteiger partial charge on any atom is 0.418 e. The van der Waals surface area contributed by atoms with Gasteiger partial charge in [-0.1, -0.05) is 0 Å². The van der Waals surface area contributed by atoms with Gasteiger partial charge < -0.3 is 15.2 Å². The van der Waals surface area contributed by atoms with Crippen LogP contribution in [0.4, 0.5) is 4.79 Å². The molecule has 2 amide bonds. The summed E-state index contributed by atoms with van der Waals surface area (Å²) in [6.07, 6.45) is 0.235. The zero-order valence-electron chi connectivity index (χ0n) is 13.9. The summed E-state index contributed by atoms with van der Waals surface area (Å²) in [7, 11) is 0. The first kappa shape index (κ1) is 18.0. The van der Waals surface area contributed by atoms with Crippen LogP contribution >= 0.6 is 0 Å². The van der Waals surface area contributed by atoms with E-state index in [4.69, 9.17) is 15.2 Å². The van der Waals surface area contributed by atoms with E-state index < -0.39 is 35.2 Å². The molecule has 0 aromatic carbocycles. The Kier molecular flexibility index (Phi) is 4.89. The Hall–Kier alpha value is -2.05. The molecule has 7 nitrogen and oxygen atoms in total. The minimum absolute atomic E-state index is 0.0174. The quantitative estimate of drug-likeness (QED) is 0.584. The van der Waals surface area contributed by atoms with Crippen LogP contribution in [0, 0.1) is 0 Å². The second-order valence-corrected chi connectivity index (χ2v) is 7.10. The molecule has 0 aliphatic carbocycles. The van der Waals surface area contributed by atoms with Gasteiger partial charge in [0.25, 0.3) is 5.91 Å². The van der Waals surface area contributed by atoms with E-state index in [0.717, 1.165) is 11.1 Å². The van der Waals surface area contributed by atoms with Crippen molar-refractivity contribution in [2.24, 2.45) is 5.73 Å². The van der Waals surface area contributed by atoms with Crippen molar-refractivity contribution in [2.75, 3.05) is 0 Å². The predicted molar refractivity (Wildman–Crippen MR) is 79.6 cm³/mol. The van der Waals surface area contributed by atoms with Crippen molar-refractivity contribution in [1.29, 1.82) is 0 Å². The van der Waals surface area contributed by atoms with Crippen LogP contribution in [0.1, 0.15) is 48.0 Å². The van der Waals surface area contributed by atoms with Crippen LogP contribution in [0.15, 0.2) is 11.8 Å². The summed E-state index contributed by atoms with van der Waals surface area (Å²) < 4.78 is 10.5. The fourth-order valence-electron chi connectivity index (χ4n) is 1.90. The van der Waals surface area contributed by atoms with Gasteiger partial charge in [0.05, 0.1) is 0 Å². The molecule has 7 heteroatoms. The first-order valence-corrected chi connectivity index (χ1v) is 7.06. The van der Waals surface area contributed by atoms with Gasteiger partial charge in [0, 0.05) is 18.2 Å². The van der Waals surface area contributed by atoms with Crippen molar-refractivity contribution < 1.29 is 23.9 Å².